The first-order valence-electron chi connectivity index (χ1n) is 8.99. The van der Waals surface area contributed by atoms with Gasteiger partial charge in [0.25, 0.3) is 0 Å². The number of aliphatic imine (C=N–C) groups is 2. The Labute approximate surface area is 168 Å². The molecule has 3 rings (SSSR count). The quantitative estimate of drug-likeness (QED) is 0.732. The molecule has 29 heavy (non-hydrogen) atoms. The molecule has 0 aliphatic carbocycles. The van der Waals surface area contributed by atoms with Crippen LogP contribution in [0.5, 0.6) is 11.5 Å². The summed E-state index contributed by atoms with van der Waals surface area (Å²) in [4.78, 5) is 31.4. The minimum atomic E-state index is -0.621. The van der Waals surface area contributed by atoms with Gasteiger partial charge in [-0.25, -0.2) is 0 Å². The Morgan fingerprint density at radius 2 is 2.03 bits per heavy atom. The summed E-state index contributed by atoms with van der Waals surface area (Å²) < 4.78 is 11.8. The Morgan fingerprint density at radius 3 is 2.69 bits per heavy atom. The highest BCUT2D eigenvalue weighted by Gasteiger charge is 2.22. The summed E-state index contributed by atoms with van der Waals surface area (Å²) in [6, 6.07) is 11.8. The van der Waals surface area contributed by atoms with E-state index in [-0.39, 0.29) is 5.78 Å². The Hall–Kier alpha value is -3.74. The summed E-state index contributed by atoms with van der Waals surface area (Å²) >= 11 is 0. The van der Waals surface area contributed by atoms with Gasteiger partial charge >= 0.3 is 0 Å². The summed E-state index contributed by atoms with van der Waals surface area (Å²) in [5.74, 6) is 0.532. The molecule has 1 amide bonds. The van der Waals surface area contributed by atoms with Crippen molar-refractivity contribution in [2.24, 2.45) is 15.7 Å². The number of rotatable bonds is 7. The number of amides is 1. The van der Waals surface area contributed by atoms with Crippen molar-refractivity contribution in [2.45, 2.75) is 12.5 Å². The van der Waals surface area contributed by atoms with Crippen molar-refractivity contribution in [3.05, 3.63) is 70.9 Å². The van der Waals surface area contributed by atoms with Crippen molar-refractivity contribution >= 4 is 24.6 Å². The molecule has 1 aliphatic rings. The number of Topliss-reactive ketones (excluding diaryl/α,β-unsaturated/α-hetero) is 1. The second-order valence-corrected chi connectivity index (χ2v) is 6.32. The highest BCUT2D eigenvalue weighted by atomic mass is 16.5. The predicted octanol–water partition coefficient (Wildman–Crippen LogP) is 3.16. The molecule has 1 atom stereocenters. The monoisotopic (exact) mass is 391 g/mol. The third-order valence-electron chi connectivity index (χ3n) is 4.44. The van der Waals surface area contributed by atoms with E-state index in [0.717, 1.165) is 5.56 Å². The average molecular weight is 391 g/mol. The van der Waals surface area contributed by atoms with E-state index >= 15 is 0 Å². The summed E-state index contributed by atoms with van der Waals surface area (Å²) in [7, 11) is 1.65. The number of benzene rings is 2. The zero-order valence-electron chi connectivity index (χ0n) is 16.0. The lowest BCUT2D eigenvalue weighted by atomic mass is 10.0. The fourth-order valence-corrected chi connectivity index (χ4v) is 2.95. The Balaban J connectivity index is 1.98. The molecule has 0 unspecified atom stereocenters. The molecule has 2 aromatic carbocycles. The van der Waals surface area contributed by atoms with Crippen molar-refractivity contribution in [2.75, 3.05) is 13.7 Å². The van der Waals surface area contributed by atoms with E-state index < -0.39 is 12.0 Å². The van der Waals surface area contributed by atoms with E-state index in [1.54, 1.807) is 61.8 Å². The smallest absolute Gasteiger partial charge is 0.248 e. The largest absolute Gasteiger partial charge is 0.492 e. The molecule has 148 valence electrons. The van der Waals surface area contributed by atoms with Gasteiger partial charge in [0, 0.05) is 31.3 Å². The fraction of sp³-hybridized carbons (Fsp3) is 0.182. The first-order chi connectivity index (χ1) is 14.0. The summed E-state index contributed by atoms with van der Waals surface area (Å²) in [5.41, 5.74) is 7.52. The van der Waals surface area contributed by atoms with E-state index in [4.69, 9.17) is 15.2 Å². The number of hydrogen-bond acceptors (Lipinski definition) is 6. The number of primary amides is 1. The number of fused-ring (bicyclic) bond motifs is 1. The number of nitrogens with two attached hydrogens (primary N) is 1. The van der Waals surface area contributed by atoms with Gasteiger partial charge in [0.05, 0.1) is 17.9 Å². The minimum Gasteiger partial charge on any atom is -0.492 e. The van der Waals surface area contributed by atoms with Crippen molar-refractivity contribution in [3.8, 4) is 11.5 Å². The normalized spacial score (nSPS) is 14.8. The van der Waals surface area contributed by atoms with Crippen LogP contribution in [0.4, 0.5) is 0 Å². The molecule has 2 N–H and O–H groups in total. The fourth-order valence-electron chi connectivity index (χ4n) is 2.95. The first kappa shape index (κ1) is 20.0. The van der Waals surface area contributed by atoms with Gasteiger partial charge in [-0.3, -0.25) is 19.6 Å². The molecule has 0 radical (unpaired) electrons. The third kappa shape index (κ3) is 4.57. The van der Waals surface area contributed by atoms with E-state index in [0.29, 0.717) is 41.4 Å². The number of ether oxygens (including phenoxy) is 2. The van der Waals surface area contributed by atoms with Crippen LogP contribution in [-0.4, -0.2) is 38.3 Å². The van der Waals surface area contributed by atoms with Crippen LogP contribution in [0.25, 0.3) is 0 Å². The van der Waals surface area contributed by atoms with Gasteiger partial charge in [0.1, 0.15) is 11.5 Å². The zero-order valence-corrected chi connectivity index (χ0v) is 16.0. The molecular weight excluding hydrogens is 370 g/mol. The van der Waals surface area contributed by atoms with Crippen LogP contribution >= 0.6 is 0 Å². The lowest BCUT2D eigenvalue weighted by Crippen LogP contribution is -2.16. The molecule has 0 bridgehead atoms. The van der Waals surface area contributed by atoms with E-state index in [9.17, 15) is 9.59 Å². The van der Waals surface area contributed by atoms with Crippen molar-refractivity contribution in [1.82, 2.24) is 0 Å². The van der Waals surface area contributed by atoms with E-state index in [1.807, 2.05) is 0 Å². The van der Waals surface area contributed by atoms with Crippen molar-refractivity contribution in [3.63, 3.8) is 0 Å². The maximum Gasteiger partial charge on any atom is 0.248 e. The van der Waals surface area contributed by atoms with Gasteiger partial charge < -0.3 is 15.2 Å². The first-order valence-corrected chi connectivity index (χ1v) is 8.99. The molecule has 0 saturated carbocycles. The third-order valence-corrected chi connectivity index (χ3v) is 4.44. The van der Waals surface area contributed by atoms with Crippen molar-refractivity contribution in [1.29, 1.82) is 0 Å². The van der Waals surface area contributed by atoms with Gasteiger partial charge in [-0.05, 0) is 42.6 Å². The van der Waals surface area contributed by atoms with Gasteiger partial charge in [-0.1, -0.05) is 12.1 Å². The molecule has 1 aliphatic heterocycles. The summed E-state index contributed by atoms with van der Waals surface area (Å²) in [6.07, 6.45) is 3.03. The molecular formula is C22H21N3O4. The summed E-state index contributed by atoms with van der Waals surface area (Å²) in [6.45, 7) is 3.97. The number of carbonyl (C=O) groups is 2. The molecule has 0 fully saturated rings. The lowest BCUT2D eigenvalue weighted by molar-refractivity contribution is 0.0932. The molecule has 7 heteroatoms. The topological polar surface area (TPSA) is 103 Å². The molecule has 0 saturated heterocycles. The number of ketones is 1. The molecule has 0 aromatic heterocycles. The highest BCUT2D eigenvalue weighted by Crippen LogP contribution is 2.34. The molecule has 2 aromatic rings. The van der Waals surface area contributed by atoms with Crippen LogP contribution in [-0.2, 0) is 0 Å². The Kier molecular flexibility index (Phi) is 6.19. The van der Waals surface area contributed by atoms with Crippen LogP contribution in [0.15, 0.2) is 64.2 Å². The lowest BCUT2D eigenvalue weighted by Gasteiger charge is -2.22. The van der Waals surface area contributed by atoms with Crippen LogP contribution in [0, 0.1) is 0 Å². The molecule has 0 spiro atoms. The molecule has 7 nitrogen and oxygen atoms in total. The minimum absolute atomic E-state index is 0.0453. The maximum absolute atomic E-state index is 12.0. The maximum atomic E-state index is 12.0. The van der Waals surface area contributed by atoms with Gasteiger partial charge in [-0.2, -0.15) is 0 Å². The van der Waals surface area contributed by atoms with Gasteiger partial charge in [-0.15, -0.1) is 0 Å². The van der Waals surface area contributed by atoms with Crippen molar-refractivity contribution < 1.29 is 19.1 Å². The number of nitrogens with zero attached hydrogens (tertiary/aromatic N) is 2. The Bertz CT molecular complexity index is 994. The van der Waals surface area contributed by atoms with Gasteiger partial charge in [0.15, 0.2) is 11.9 Å². The number of carbonyl (C=O) groups excluding carboxylic acids is 2. The molecule has 1 heterocycles. The second-order valence-electron chi connectivity index (χ2n) is 6.32. The van der Waals surface area contributed by atoms with E-state index in [2.05, 4.69) is 16.7 Å². The van der Waals surface area contributed by atoms with Gasteiger partial charge in [0.2, 0.25) is 5.91 Å². The van der Waals surface area contributed by atoms with E-state index in [1.165, 1.54) is 0 Å². The second kappa shape index (κ2) is 8.97. The average Bonchev–Trinajstić information content (AvgIpc) is 2.73. The summed E-state index contributed by atoms with van der Waals surface area (Å²) in [5, 5.41) is 0. The van der Waals surface area contributed by atoms with Crippen LogP contribution in [0.1, 0.15) is 38.8 Å². The predicted molar refractivity (Wildman–Crippen MR) is 111 cm³/mol. The number of hydrogen-bond donors (Lipinski definition) is 1. The van der Waals surface area contributed by atoms with Crippen LogP contribution in [0.2, 0.25) is 0 Å². The SMILES string of the molecule is C=N/C(=C\C=N/C)[C@H](Oc1ccc2c(c1)OCCC2=O)c1ccc(C(N)=O)cc1. The zero-order chi connectivity index (χ0) is 20.8. The van der Waals surface area contributed by atoms with Crippen LogP contribution in [0.3, 0.4) is 0 Å². The standard InChI is InChI=1S/C22H21N3O4/c1-24-11-9-18(25-2)21(14-3-5-15(6-4-14)22(23)27)29-16-7-8-17-19(26)10-12-28-20(17)13-16/h3-9,11,13,21H,2,10,12H2,1H3,(H2,23,27)/b18-9-,24-11-/t21-/m1/s1. The van der Waals surface area contributed by atoms with Crippen LogP contribution < -0.4 is 15.2 Å². The Morgan fingerprint density at radius 1 is 1.28 bits per heavy atom. The highest BCUT2D eigenvalue weighted by molar-refractivity contribution is 5.99. The number of allylic oxidation sites excluding steroid dienone is 1.